The predicted molar refractivity (Wildman–Crippen MR) is 90.6 cm³/mol. The van der Waals surface area contributed by atoms with E-state index in [4.69, 9.17) is 4.74 Å². The van der Waals surface area contributed by atoms with Gasteiger partial charge in [0.1, 0.15) is 5.75 Å². The fraction of sp³-hybridized carbons (Fsp3) is 0.529. The van der Waals surface area contributed by atoms with Crippen LogP contribution in [0, 0.1) is 0 Å². The number of ether oxygens (including phenoxy) is 1. The highest BCUT2D eigenvalue weighted by Gasteiger charge is 2.11. The maximum atomic E-state index is 11.7. The Morgan fingerprint density at radius 1 is 1.22 bits per heavy atom. The number of urea groups is 1. The van der Waals surface area contributed by atoms with Crippen molar-refractivity contribution in [2.24, 2.45) is 0 Å². The van der Waals surface area contributed by atoms with Crippen molar-refractivity contribution in [1.82, 2.24) is 15.5 Å². The van der Waals surface area contributed by atoms with Crippen molar-refractivity contribution in [3.05, 3.63) is 29.8 Å². The van der Waals surface area contributed by atoms with E-state index in [9.17, 15) is 9.59 Å². The van der Waals surface area contributed by atoms with Crippen molar-refractivity contribution in [3.63, 3.8) is 0 Å². The standard InChI is InChI=1S/C17H27N3O3/c1-13(2)19-17(22)18-10-12-20(14(3)21)11-9-15-7-5-6-8-16(15)23-4/h5-8,13H,9-12H2,1-4H3,(H2,18,19,22). The molecule has 6 nitrogen and oxygen atoms in total. The van der Waals surface area contributed by atoms with Gasteiger partial charge < -0.3 is 20.3 Å². The van der Waals surface area contributed by atoms with Gasteiger partial charge in [0.15, 0.2) is 0 Å². The van der Waals surface area contributed by atoms with Gasteiger partial charge in [-0.3, -0.25) is 4.79 Å². The van der Waals surface area contributed by atoms with Crippen molar-refractivity contribution in [3.8, 4) is 5.75 Å². The summed E-state index contributed by atoms with van der Waals surface area (Å²) in [4.78, 5) is 25.0. The molecule has 0 spiro atoms. The van der Waals surface area contributed by atoms with E-state index in [0.29, 0.717) is 26.1 Å². The fourth-order valence-electron chi connectivity index (χ4n) is 2.21. The molecule has 2 N–H and O–H groups in total. The van der Waals surface area contributed by atoms with Gasteiger partial charge in [0.25, 0.3) is 0 Å². The third kappa shape index (κ3) is 7.04. The molecule has 1 aromatic rings. The maximum Gasteiger partial charge on any atom is 0.315 e. The van der Waals surface area contributed by atoms with E-state index in [0.717, 1.165) is 11.3 Å². The number of hydrogen-bond acceptors (Lipinski definition) is 3. The minimum absolute atomic E-state index is 0.00837. The zero-order valence-electron chi connectivity index (χ0n) is 14.4. The number of methoxy groups -OCH3 is 1. The smallest absolute Gasteiger partial charge is 0.315 e. The number of hydrogen-bond donors (Lipinski definition) is 2. The highest BCUT2D eigenvalue weighted by Crippen LogP contribution is 2.17. The summed E-state index contributed by atoms with van der Waals surface area (Å²) < 4.78 is 5.32. The summed E-state index contributed by atoms with van der Waals surface area (Å²) in [7, 11) is 1.64. The van der Waals surface area contributed by atoms with Crippen molar-refractivity contribution in [2.45, 2.75) is 33.2 Å². The largest absolute Gasteiger partial charge is 0.496 e. The molecule has 0 saturated carbocycles. The summed E-state index contributed by atoms with van der Waals surface area (Å²) in [6, 6.07) is 7.64. The molecule has 128 valence electrons. The van der Waals surface area contributed by atoms with Crippen LogP contribution in [0.5, 0.6) is 5.75 Å². The zero-order chi connectivity index (χ0) is 17.2. The highest BCUT2D eigenvalue weighted by molar-refractivity contribution is 5.75. The topological polar surface area (TPSA) is 70.7 Å². The van der Waals surface area contributed by atoms with Crippen LogP contribution in [0.15, 0.2) is 24.3 Å². The van der Waals surface area contributed by atoms with E-state index in [2.05, 4.69) is 10.6 Å². The molecule has 1 rings (SSSR count). The molecular formula is C17H27N3O3. The molecule has 0 heterocycles. The number of rotatable bonds is 8. The Hall–Kier alpha value is -2.24. The van der Waals surface area contributed by atoms with Crippen LogP contribution in [-0.4, -0.2) is 49.6 Å². The molecule has 23 heavy (non-hydrogen) atoms. The van der Waals surface area contributed by atoms with Crippen LogP contribution in [0.3, 0.4) is 0 Å². The first-order chi connectivity index (χ1) is 10.9. The zero-order valence-corrected chi connectivity index (χ0v) is 14.4. The summed E-state index contributed by atoms with van der Waals surface area (Å²) in [5.74, 6) is 0.816. The molecule has 1 aromatic carbocycles. The van der Waals surface area contributed by atoms with Gasteiger partial charge in [0.2, 0.25) is 5.91 Å². The third-order valence-corrected chi connectivity index (χ3v) is 3.38. The van der Waals surface area contributed by atoms with Gasteiger partial charge in [-0.1, -0.05) is 18.2 Å². The van der Waals surface area contributed by atoms with Crippen LogP contribution in [-0.2, 0) is 11.2 Å². The lowest BCUT2D eigenvalue weighted by atomic mass is 10.1. The predicted octanol–water partition coefficient (Wildman–Crippen LogP) is 1.79. The number of para-hydroxylation sites is 1. The van der Waals surface area contributed by atoms with Crippen LogP contribution in [0.1, 0.15) is 26.3 Å². The Labute approximate surface area is 138 Å². The average molecular weight is 321 g/mol. The molecule has 0 radical (unpaired) electrons. The molecule has 0 unspecified atom stereocenters. The van der Waals surface area contributed by atoms with E-state index < -0.39 is 0 Å². The molecule has 3 amide bonds. The first-order valence-electron chi connectivity index (χ1n) is 7.85. The van der Waals surface area contributed by atoms with Crippen LogP contribution in [0.4, 0.5) is 4.79 Å². The Balaban J connectivity index is 2.46. The van der Waals surface area contributed by atoms with Crippen LogP contribution >= 0.6 is 0 Å². The number of benzene rings is 1. The Morgan fingerprint density at radius 3 is 2.52 bits per heavy atom. The summed E-state index contributed by atoms with van der Waals surface area (Å²) in [6.45, 7) is 6.82. The number of carbonyl (C=O) groups is 2. The van der Waals surface area contributed by atoms with Gasteiger partial charge in [-0.2, -0.15) is 0 Å². The minimum atomic E-state index is -0.215. The first kappa shape index (κ1) is 18.8. The van der Waals surface area contributed by atoms with Crippen molar-refractivity contribution in [1.29, 1.82) is 0 Å². The van der Waals surface area contributed by atoms with Gasteiger partial charge in [-0.15, -0.1) is 0 Å². The lowest BCUT2D eigenvalue weighted by Crippen LogP contribution is -2.44. The van der Waals surface area contributed by atoms with Gasteiger partial charge in [-0.25, -0.2) is 4.79 Å². The number of amides is 3. The van der Waals surface area contributed by atoms with E-state index in [1.54, 1.807) is 12.0 Å². The van der Waals surface area contributed by atoms with Crippen molar-refractivity contribution in [2.75, 3.05) is 26.7 Å². The summed E-state index contributed by atoms with van der Waals surface area (Å²) >= 11 is 0. The number of nitrogens with one attached hydrogen (secondary N) is 2. The quantitative estimate of drug-likeness (QED) is 0.767. The molecule has 0 aliphatic carbocycles. The molecule has 0 bridgehead atoms. The number of carbonyl (C=O) groups excluding carboxylic acids is 2. The molecule has 0 saturated heterocycles. The van der Waals surface area contributed by atoms with E-state index in [-0.39, 0.29) is 18.0 Å². The molecule has 0 aliphatic heterocycles. The first-order valence-corrected chi connectivity index (χ1v) is 7.85. The molecule has 0 atom stereocenters. The average Bonchev–Trinajstić information content (AvgIpc) is 2.49. The van der Waals surface area contributed by atoms with Gasteiger partial charge in [0, 0.05) is 32.6 Å². The molecule has 6 heteroatoms. The van der Waals surface area contributed by atoms with Gasteiger partial charge in [0.05, 0.1) is 7.11 Å². The Bertz CT molecular complexity index is 518. The second kappa shape index (κ2) is 9.71. The number of nitrogens with zero attached hydrogens (tertiary/aromatic N) is 1. The van der Waals surface area contributed by atoms with Crippen molar-refractivity contribution < 1.29 is 14.3 Å². The van der Waals surface area contributed by atoms with E-state index in [1.807, 2.05) is 38.1 Å². The van der Waals surface area contributed by atoms with Crippen LogP contribution in [0.2, 0.25) is 0 Å². The molecular weight excluding hydrogens is 294 g/mol. The summed E-state index contributed by atoms with van der Waals surface area (Å²) in [6.07, 6.45) is 0.710. The van der Waals surface area contributed by atoms with E-state index >= 15 is 0 Å². The Kier molecular flexibility index (Phi) is 7.94. The van der Waals surface area contributed by atoms with Crippen LogP contribution in [0.25, 0.3) is 0 Å². The normalized spacial score (nSPS) is 10.3. The van der Waals surface area contributed by atoms with Gasteiger partial charge in [-0.05, 0) is 31.9 Å². The van der Waals surface area contributed by atoms with Crippen LogP contribution < -0.4 is 15.4 Å². The third-order valence-electron chi connectivity index (χ3n) is 3.38. The minimum Gasteiger partial charge on any atom is -0.496 e. The molecule has 0 aromatic heterocycles. The second-order valence-corrected chi connectivity index (χ2v) is 5.62. The lowest BCUT2D eigenvalue weighted by Gasteiger charge is -2.22. The summed E-state index contributed by atoms with van der Waals surface area (Å²) in [5.41, 5.74) is 1.06. The molecule has 0 aliphatic rings. The van der Waals surface area contributed by atoms with Gasteiger partial charge >= 0.3 is 6.03 Å². The second-order valence-electron chi connectivity index (χ2n) is 5.62. The van der Waals surface area contributed by atoms with Crippen molar-refractivity contribution >= 4 is 11.9 Å². The fourth-order valence-corrected chi connectivity index (χ4v) is 2.21. The maximum absolute atomic E-state index is 11.7. The Morgan fingerprint density at radius 2 is 1.91 bits per heavy atom. The van der Waals surface area contributed by atoms with E-state index in [1.165, 1.54) is 6.92 Å². The monoisotopic (exact) mass is 321 g/mol. The lowest BCUT2D eigenvalue weighted by molar-refractivity contribution is -0.128. The SMILES string of the molecule is COc1ccccc1CCN(CCNC(=O)NC(C)C)C(C)=O. The highest BCUT2D eigenvalue weighted by atomic mass is 16.5. The summed E-state index contributed by atoms with van der Waals surface area (Å²) in [5, 5.41) is 5.50. The molecule has 0 fully saturated rings.